The maximum absolute atomic E-state index is 11.8. The summed E-state index contributed by atoms with van der Waals surface area (Å²) in [6, 6.07) is -2.72. The summed E-state index contributed by atoms with van der Waals surface area (Å²) in [5.74, 6) is -5.06. The van der Waals surface area contributed by atoms with E-state index in [1.165, 1.54) is 6.92 Å². The Hall–Kier alpha value is -2.69. The molecular weight excluding hydrogens is 300 g/mol. The normalized spacial score (nSPS) is 12.6. The van der Waals surface area contributed by atoms with Gasteiger partial charge in [0.25, 0.3) is 0 Å². The molecule has 0 rings (SSSR count). The number of carboxylic acids is 2. The number of rotatable bonds is 9. The minimum absolute atomic E-state index is 0.331. The van der Waals surface area contributed by atoms with Gasteiger partial charge in [0.2, 0.25) is 17.7 Å². The van der Waals surface area contributed by atoms with Crippen LogP contribution in [0, 0.1) is 0 Å². The maximum atomic E-state index is 11.8. The number of carboxylic acid groups (broad SMARTS) is 2. The van der Waals surface area contributed by atoms with Gasteiger partial charge in [-0.3, -0.25) is 24.0 Å². The summed E-state index contributed by atoms with van der Waals surface area (Å²) >= 11 is 0. The van der Waals surface area contributed by atoms with Crippen molar-refractivity contribution in [2.45, 2.75) is 25.4 Å². The number of hydrogen-bond acceptors (Lipinski definition) is 6. The SMILES string of the molecule is CC(NC(=O)C(CC(=O)O)NC(=O)CNC(=O)CN)C(=O)O. The molecule has 0 heterocycles. The van der Waals surface area contributed by atoms with Crippen LogP contribution >= 0.6 is 0 Å². The average Bonchev–Trinajstić information content (AvgIpc) is 2.43. The van der Waals surface area contributed by atoms with Gasteiger partial charge in [-0.2, -0.15) is 0 Å². The lowest BCUT2D eigenvalue weighted by atomic mass is 10.1. The smallest absolute Gasteiger partial charge is 0.325 e. The highest BCUT2D eigenvalue weighted by atomic mass is 16.4. The van der Waals surface area contributed by atoms with E-state index >= 15 is 0 Å². The number of nitrogens with two attached hydrogens (primary N) is 1. The molecule has 0 aliphatic rings. The van der Waals surface area contributed by atoms with Gasteiger partial charge in [0.05, 0.1) is 19.5 Å². The number of hydrogen-bond donors (Lipinski definition) is 6. The highest BCUT2D eigenvalue weighted by molar-refractivity contribution is 5.93. The van der Waals surface area contributed by atoms with E-state index in [1.54, 1.807) is 0 Å². The number of nitrogens with one attached hydrogen (secondary N) is 3. The molecule has 7 N–H and O–H groups in total. The van der Waals surface area contributed by atoms with Crippen LogP contribution in [0.5, 0.6) is 0 Å². The minimum Gasteiger partial charge on any atom is -0.481 e. The minimum atomic E-state index is -1.47. The quantitative estimate of drug-likeness (QED) is 0.254. The monoisotopic (exact) mass is 318 g/mol. The predicted octanol–water partition coefficient (Wildman–Crippen LogP) is -3.39. The molecule has 0 aliphatic heterocycles. The maximum Gasteiger partial charge on any atom is 0.325 e. The van der Waals surface area contributed by atoms with Crippen LogP contribution in [-0.2, 0) is 24.0 Å². The van der Waals surface area contributed by atoms with Crippen LogP contribution in [0.2, 0.25) is 0 Å². The molecular formula is C11H18N4O7. The zero-order valence-electron chi connectivity index (χ0n) is 11.8. The molecule has 3 amide bonds. The second-order valence-corrected chi connectivity index (χ2v) is 4.27. The Morgan fingerprint density at radius 3 is 2.09 bits per heavy atom. The largest absolute Gasteiger partial charge is 0.481 e. The van der Waals surface area contributed by atoms with Crippen molar-refractivity contribution >= 4 is 29.7 Å². The van der Waals surface area contributed by atoms with Crippen LogP contribution in [0.4, 0.5) is 0 Å². The highest BCUT2D eigenvalue weighted by Crippen LogP contribution is 1.95. The number of amides is 3. The second-order valence-electron chi connectivity index (χ2n) is 4.27. The van der Waals surface area contributed by atoms with Gasteiger partial charge < -0.3 is 31.9 Å². The number of carbonyl (C=O) groups is 5. The molecule has 11 heteroatoms. The molecule has 0 aromatic heterocycles. The van der Waals surface area contributed by atoms with Crippen molar-refractivity contribution in [1.29, 1.82) is 0 Å². The molecule has 22 heavy (non-hydrogen) atoms. The van der Waals surface area contributed by atoms with E-state index in [4.69, 9.17) is 15.9 Å². The molecule has 0 bridgehead atoms. The van der Waals surface area contributed by atoms with Crippen LogP contribution in [0.15, 0.2) is 0 Å². The molecule has 0 radical (unpaired) electrons. The molecule has 2 atom stereocenters. The lowest BCUT2D eigenvalue weighted by Gasteiger charge is -2.18. The Morgan fingerprint density at radius 2 is 1.64 bits per heavy atom. The summed E-state index contributed by atoms with van der Waals surface area (Å²) in [5.41, 5.74) is 5.02. The van der Waals surface area contributed by atoms with Crippen LogP contribution in [0.3, 0.4) is 0 Å². The van der Waals surface area contributed by atoms with Crippen molar-refractivity contribution in [1.82, 2.24) is 16.0 Å². The van der Waals surface area contributed by atoms with E-state index < -0.39 is 54.7 Å². The van der Waals surface area contributed by atoms with Gasteiger partial charge in [0.15, 0.2) is 0 Å². The van der Waals surface area contributed by atoms with Gasteiger partial charge in [-0.25, -0.2) is 0 Å². The summed E-state index contributed by atoms with van der Waals surface area (Å²) in [6.07, 6.45) is -0.741. The summed E-state index contributed by atoms with van der Waals surface area (Å²) < 4.78 is 0. The summed E-state index contributed by atoms with van der Waals surface area (Å²) in [7, 11) is 0. The molecule has 0 aromatic carbocycles. The third-order valence-corrected chi connectivity index (χ3v) is 2.39. The van der Waals surface area contributed by atoms with E-state index in [-0.39, 0.29) is 6.54 Å². The third kappa shape index (κ3) is 7.79. The first-order chi connectivity index (χ1) is 10.2. The fourth-order valence-corrected chi connectivity index (χ4v) is 1.26. The van der Waals surface area contributed by atoms with Crippen LogP contribution in [0.1, 0.15) is 13.3 Å². The second kappa shape index (κ2) is 9.28. The zero-order valence-corrected chi connectivity index (χ0v) is 11.8. The fourth-order valence-electron chi connectivity index (χ4n) is 1.26. The van der Waals surface area contributed by atoms with Crippen LogP contribution in [0.25, 0.3) is 0 Å². The molecule has 0 saturated carbocycles. The van der Waals surface area contributed by atoms with Crippen molar-refractivity contribution in [2.75, 3.05) is 13.1 Å². The van der Waals surface area contributed by atoms with Crippen LogP contribution in [-0.4, -0.2) is 65.0 Å². The number of aliphatic carboxylic acids is 2. The Kier molecular flexibility index (Phi) is 8.15. The van der Waals surface area contributed by atoms with E-state index in [2.05, 4.69) is 10.6 Å². The molecule has 0 spiro atoms. The molecule has 124 valence electrons. The molecule has 2 unspecified atom stereocenters. The summed E-state index contributed by atoms with van der Waals surface area (Å²) in [6.45, 7) is 0.359. The van der Waals surface area contributed by atoms with Gasteiger partial charge >= 0.3 is 11.9 Å². The Labute approximate surface area is 125 Å². The Bertz CT molecular complexity index is 465. The average molecular weight is 318 g/mol. The van der Waals surface area contributed by atoms with Gasteiger partial charge in [-0.1, -0.05) is 0 Å². The summed E-state index contributed by atoms with van der Waals surface area (Å²) in [4.78, 5) is 55.5. The Balaban J connectivity index is 4.66. The van der Waals surface area contributed by atoms with Crippen molar-refractivity contribution in [3.8, 4) is 0 Å². The highest BCUT2D eigenvalue weighted by Gasteiger charge is 2.26. The molecule has 11 nitrogen and oxygen atoms in total. The standard InChI is InChI=1S/C11H18N4O7/c1-5(11(21)22)14-10(20)6(2-9(18)19)15-8(17)4-13-7(16)3-12/h5-6H,2-4,12H2,1H3,(H,13,16)(H,14,20)(H,15,17)(H,18,19)(H,21,22). The lowest BCUT2D eigenvalue weighted by Crippen LogP contribution is -2.53. The molecule has 0 saturated heterocycles. The number of carbonyl (C=O) groups excluding carboxylic acids is 3. The topological polar surface area (TPSA) is 188 Å². The van der Waals surface area contributed by atoms with Crippen molar-refractivity contribution in [2.24, 2.45) is 5.73 Å². The van der Waals surface area contributed by atoms with Gasteiger partial charge in [0, 0.05) is 0 Å². The van der Waals surface area contributed by atoms with E-state index in [0.29, 0.717) is 0 Å². The van der Waals surface area contributed by atoms with Gasteiger partial charge in [-0.15, -0.1) is 0 Å². The third-order valence-electron chi connectivity index (χ3n) is 2.39. The fraction of sp³-hybridized carbons (Fsp3) is 0.545. The van der Waals surface area contributed by atoms with Crippen LogP contribution < -0.4 is 21.7 Å². The molecule has 0 aromatic rings. The summed E-state index contributed by atoms with van der Waals surface area (Å²) in [5, 5.41) is 23.7. The van der Waals surface area contributed by atoms with Crippen molar-refractivity contribution in [3.63, 3.8) is 0 Å². The van der Waals surface area contributed by atoms with Gasteiger partial charge in [0.1, 0.15) is 12.1 Å². The first-order valence-electron chi connectivity index (χ1n) is 6.18. The lowest BCUT2D eigenvalue weighted by molar-refractivity contribution is -0.143. The zero-order chi connectivity index (χ0) is 17.3. The predicted molar refractivity (Wildman–Crippen MR) is 71.5 cm³/mol. The molecule has 0 aliphatic carbocycles. The van der Waals surface area contributed by atoms with E-state index in [1.807, 2.05) is 5.32 Å². The van der Waals surface area contributed by atoms with Gasteiger partial charge in [-0.05, 0) is 6.92 Å². The molecule has 0 fully saturated rings. The first-order valence-corrected chi connectivity index (χ1v) is 6.18. The Morgan fingerprint density at radius 1 is 1.05 bits per heavy atom. The first kappa shape index (κ1) is 19.3. The van der Waals surface area contributed by atoms with Crippen molar-refractivity contribution in [3.05, 3.63) is 0 Å². The van der Waals surface area contributed by atoms with Crippen molar-refractivity contribution < 1.29 is 34.2 Å². The van der Waals surface area contributed by atoms with E-state index in [0.717, 1.165) is 0 Å². The van der Waals surface area contributed by atoms with E-state index in [9.17, 15) is 24.0 Å².